The molecule has 0 saturated heterocycles. The highest BCUT2D eigenvalue weighted by atomic mass is 16.2. The van der Waals surface area contributed by atoms with Gasteiger partial charge in [-0.3, -0.25) is 9.59 Å². The number of aryl methyl sites for hydroxylation is 1. The van der Waals surface area contributed by atoms with Crippen molar-refractivity contribution in [2.24, 2.45) is 7.05 Å². The van der Waals surface area contributed by atoms with Gasteiger partial charge in [0.05, 0.1) is 5.39 Å². The first-order valence-electron chi connectivity index (χ1n) is 7.98. The largest absolute Gasteiger partial charge is 0.378 e. The van der Waals surface area contributed by atoms with E-state index in [-0.39, 0.29) is 17.2 Å². The van der Waals surface area contributed by atoms with Gasteiger partial charge >= 0.3 is 0 Å². The molecule has 0 bridgehead atoms. The first kappa shape index (κ1) is 16.7. The van der Waals surface area contributed by atoms with Gasteiger partial charge in [0.25, 0.3) is 11.5 Å². The van der Waals surface area contributed by atoms with Crippen molar-refractivity contribution in [3.05, 3.63) is 70.1 Å². The van der Waals surface area contributed by atoms with Crippen LogP contribution < -0.4 is 15.8 Å². The summed E-state index contributed by atoms with van der Waals surface area (Å²) in [6.07, 6.45) is 0. The SMILES string of the molecule is CN(C)c1ccc(CNC(=O)c2nn(C)c(=O)c3ccccc23)cc1. The molecule has 0 fully saturated rings. The molecule has 6 heteroatoms. The molecule has 3 aromatic rings. The summed E-state index contributed by atoms with van der Waals surface area (Å²) in [6, 6.07) is 15.0. The summed E-state index contributed by atoms with van der Waals surface area (Å²) >= 11 is 0. The van der Waals surface area contributed by atoms with Crippen LogP contribution in [0.4, 0.5) is 5.69 Å². The van der Waals surface area contributed by atoms with Crippen molar-refractivity contribution in [3.8, 4) is 0 Å². The Labute approximate surface area is 145 Å². The lowest BCUT2D eigenvalue weighted by Crippen LogP contribution is -2.29. The molecule has 2 aromatic carbocycles. The first-order chi connectivity index (χ1) is 12.0. The van der Waals surface area contributed by atoms with Crippen molar-refractivity contribution in [2.45, 2.75) is 6.54 Å². The predicted molar refractivity (Wildman–Crippen MR) is 98.9 cm³/mol. The Balaban J connectivity index is 1.83. The maximum absolute atomic E-state index is 12.6. The van der Waals surface area contributed by atoms with E-state index < -0.39 is 0 Å². The van der Waals surface area contributed by atoms with Crippen molar-refractivity contribution in [3.63, 3.8) is 0 Å². The van der Waals surface area contributed by atoms with Crippen LogP contribution >= 0.6 is 0 Å². The van der Waals surface area contributed by atoms with E-state index in [1.165, 1.54) is 4.68 Å². The average Bonchev–Trinajstić information content (AvgIpc) is 2.63. The summed E-state index contributed by atoms with van der Waals surface area (Å²) in [4.78, 5) is 26.7. The van der Waals surface area contributed by atoms with Crippen LogP contribution in [0.3, 0.4) is 0 Å². The summed E-state index contributed by atoms with van der Waals surface area (Å²) in [6.45, 7) is 0.394. The number of rotatable bonds is 4. The molecule has 1 N–H and O–H groups in total. The zero-order chi connectivity index (χ0) is 18.0. The number of nitrogens with one attached hydrogen (secondary N) is 1. The Morgan fingerprint density at radius 1 is 1.08 bits per heavy atom. The maximum atomic E-state index is 12.6. The topological polar surface area (TPSA) is 67.2 Å². The molecule has 0 aliphatic carbocycles. The maximum Gasteiger partial charge on any atom is 0.274 e. The van der Waals surface area contributed by atoms with Gasteiger partial charge in [-0.05, 0) is 23.8 Å². The van der Waals surface area contributed by atoms with Gasteiger partial charge in [-0.15, -0.1) is 0 Å². The third-order valence-corrected chi connectivity index (χ3v) is 4.08. The third-order valence-electron chi connectivity index (χ3n) is 4.08. The molecular weight excluding hydrogens is 316 g/mol. The summed E-state index contributed by atoms with van der Waals surface area (Å²) in [7, 11) is 5.51. The first-order valence-corrected chi connectivity index (χ1v) is 7.98. The Kier molecular flexibility index (Phi) is 4.52. The second kappa shape index (κ2) is 6.76. The molecule has 6 nitrogen and oxygen atoms in total. The zero-order valence-corrected chi connectivity index (χ0v) is 14.5. The van der Waals surface area contributed by atoms with Crippen LogP contribution in [0.15, 0.2) is 53.3 Å². The Hall–Kier alpha value is -3.15. The van der Waals surface area contributed by atoms with Gasteiger partial charge in [0.2, 0.25) is 0 Å². The lowest BCUT2D eigenvalue weighted by atomic mass is 10.1. The number of amides is 1. The standard InChI is InChI=1S/C19H20N4O2/c1-22(2)14-10-8-13(9-11-14)12-20-18(24)17-15-6-4-5-7-16(15)19(25)23(3)21-17/h4-11H,12H2,1-3H3,(H,20,24). The monoisotopic (exact) mass is 336 g/mol. The van der Waals surface area contributed by atoms with Gasteiger partial charge < -0.3 is 10.2 Å². The van der Waals surface area contributed by atoms with Crippen LogP contribution in [0.2, 0.25) is 0 Å². The van der Waals surface area contributed by atoms with Crippen molar-refractivity contribution in [1.82, 2.24) is 15.1 Å². The number of anilines is 1. The van der Waals surface area contributed by atoms with Crippen LogP contribution in [0.25, 0.3) is 10.8 Å². The number of aromatic nitrogens is 2. The quantitative estimate of drug-likeness (QED) is 0.790. The number of hydrogen-bond donors (Lipinski definition) is 1. The Bertz CT molecular complexity index is 975. The minimum absolute atomic E-state index is 0.216. The molecule has 0 radical (unpaired) electrons. The number of nitrogens with zero attached hydrogens (tertiary/aromatic N) is 3. The van der Waals surface area contributed by atoms with Gasteiger partial charge in [-0.2, -0.15) is 5.10 Å². The predicted octanol–water partition coefficient (Wildman–Crippen LogP) is 1.93. The number of fused-ring (bicyclic) bond motifs is 1. The fourth-order valence-corrected chi connectivity index (χ4v) is 2.65. The molecule has 0 saturated carbocycles. The summed E-state index contributed by atoms with van der Waals surface area (Å²) in [5, 5.41) is 8.06. The van der Waals surface area contributed by atoms with Crippen molar-refractivity contribution >= 4 is 22.4 Å². The second-order valence-corrected chi connectivity index (χ2v) is 6.07. The van der Waals surface area contributed by atoms with Gasteiger partial charge in [0.15, 0.2) is 5.69 Å². The van der Waals surface area contributed by atoms with Crippen molar-refractivity contribution in [2.75, 3.05) is 19.0 Å². The highest BCUT2D eigenvalue weighted by Crippen LogP contribution is 2.14. The number of carbonyl (C=O) groups is 1. The summed E-state index contributed by atoms with van der Waals surface area (Å²) in [5.41, 5.74) is 2.13. The van der Waals surface area contributed by atoms with Gasteiger partial charge in [-0.1, -0.05) is 30.3 Å². The van der Waals surface area contributed by atoms with E-state index in [4.69, 9.17) is 0 Å². The molecule has 128 valence electrons. The molecule has 0 spiro atoms. The van der Waals surface area contributed by atoms with Gasteiger partial charge in [-0.25, -0.2) is 4.68 Å². The summed E-state index contributed by atoms with van der Waals surface area (Å²) in [5.74, 6) is -0.302. The number of hydrogen-bond acceptors (Lipinski definition) is 4. The molecule has 0 atom stereocenters. The lowest BCUT2D eigenvalue weighted by Gasteiger charge is -2.13. The molecule has 1 aromatic heterocycles. The van der Waals surface area contributed by atoms with E-state index in [2.05, 4.69) is 10.4 Å². The molecular formula is C19H20N4O2. The highest BCUT2D eigenvalue weighted by molar-refractivity contribution is 6.04. The smallest absolute Gasteiger partial charge is 0.274 e. The second-order valence-electron chi connectivity index (χ2n) is 6.07. The molecule has 1 heterocycles. The Morgan fingerprint density at radius 3 is 2.36 bits per heavy atom. The summed E-state index contributed by atoms with van der Waals surface area (Å²) < 4.78 is 1.20. The Morgan fingerprint density at radius 2 is 1.72 bits per heavy atom. The highest BCUT2D eigenvalue weighted by Gasteiger charge is 2.15. The van der Waals surface area contributed by atoms with E-state index in [9.17, 15) is 9.59 Å². The number of benzene rings is 2. The van der Waals surface area contributed by atoms with E-state index >= 15 is 0 Å². The van der Waals surface area contributed by atoms with Crippen LogP contribution in [-0.2, 0) is 13.6 Å². The van der Waals surface area contributed by atoms with Crippen molar-refractivity contribution in [1.29, 1.82) is 0 Å². The lowest BCUT2D eigenvalue weighted by molar-refractivity contribution is 0.0945. The van der Waals surface area contributed by atoms with Gasteiger partial charge in [0, 0.05) is 38.8 Å². The third kappa shape index (κ3) is 3.38. The zero-order valence-electron chi connectivity index (χ0n) is 14.5. The van der Waals surface area contributed by atoms with E-state index in [0.717, 1.165) is 11.3 Å². The molecule has 0 aliphatic heterocycles. The number of carbonyl (C=O) groups excluding carboxylic acids is 1. The van der Waals surface area contributed by atoms with E-state index in [1.807, 2.05) is 43.3 Å². The fraction of sp³-hybridized carbons (Fsp3) is 0.211. The van der Waals surface area contributed by atoms with Gasteiger partial charge in [0.1, 0.15) is 0 Å². The van der Waals surface area contributed by atoms with Crippen molar-refractivity contribution < 1.29 is 4.79 Å². The fourth-order valence-electron chi connectivity index (χ4n) is 2.65. The van der Waals surface area contributed by atoms with E-state index in [0.29, 0.717) is 17.3 Å². The molecule has 0 aliphatic rings. The molecule has 0 unspecified atom stereocenters. The molecule has 25 heavy (non-hydrogen) atoms. The molecule has 3 rings (SSSR count). The molecule has 1 amide bonds. The average molecular weight is 336 g/mol. The normalized spacial score (nSPS) is 10.7. The van der Waals surface area contributed by atoms with E-state index in [1.54, 1.807) is 31.3 Å². The van der Waals surface area contributed by atoms with Crippen LogP contribution in [0, 0.1) is 0 Å². The minimum atomic E-state index is -0.302. The van der Waals surface area contributed by atoms with Crippen LogP contribution in [0.5, 0.6) is 0 Å². The van der Waals surface area contributed by atoms with Crippen LogP contribution in [-0.4, -0.2) is 29.8 Å². The minimum Gasteiger partial charge on any atom is -0.378 e. The van der Waals surface area contributed by atoms with Crippen LogP contribution in [0.1, 0.15) is 16.1 Å².